The van der Waals surface area contributed by atoms with Crippen molar-refractivity contribution in [3.8, 4) is 0 Å². The van der Waals surface area contributed by atoms with E-state index in [1.54, 1.807) is 11.8 Å². The zero-order valence-electron chi connectivity index (χ0n) is 30.6. The molecule has 0 N–H and O–H groups in total. The second-order valence-electron chi connectivity index (χ2n) is 15.0. The summed E-state index contributed by atoms with van der Waals surface area (Å²) in [6.07, 6.45) is 4.17. The molecule has 0 amide bonds. The second-order valence-corrected chi connectivity index (χ2v) is 16.1. The van der Waals surface area contributed by atoms with Crippen molar-refractivity contribution in [3.05, 3.63) is 178 Å². The van der Waals surface area contributed by atoms with E-state index in [0.717, 1.165) is 65.4 Å². The van der Waals surface area contributed by atoms with E-state index in [9.17, 15) is 4.79 Å². The van der Waals surface area contributed by atoms with Crippen LogP contribution in [0.25, 0.3) is 0 Å². The molecule has 0 bridgehead atoms. The fourth-order valence-corrected chi connectivity index (χ4v) is 8.74. The van der Waals surface area contributed by atoms with Gasteiger partial charge in [-0.2, -0.15) is 0 Å². The number of rotatable bonds is 14. The van der Waals surface area contributed by atoms with Crippen LogP contribution < -0.4 is 4.90 Å². The van der Waals surface area contributed by atoms with E-state index < -0.39 is 5.60 Å². The summed E-state index contributed by atoms with van der Waals surface area (Å²) in [5, 5.41) is 0. The Hall–Kier alpha value is -4.54. The number of ether oxygens (including phenoxy) is 1. The first-order valence-corrected chi connectivity index (χ1v) is 19.2. The van der Waals surface area contributed by atoms with Gasteiger partial charge in [0.05, 0.1) is 5.57 Å². The van der Waals surface area contributed by atoms with Gasteiger partial charge < -0.3 is 9.64 Å². The normalized spacial score (nSPS) is 16.8. The average Bonchev–Trinajstić information content (AvgIpc) is 3.13. The summed E-state index contributed by atoms with van der Waals surface area (Å²) in [5.74, 6) is -0.336. The number of benzene rings is 5. The summed E-state index contributed by atoms with van der Waals surface area (Å²) in [6.45, 7) is 10.5. The molecule has 3 nitrogen and oxygen atoms in total. The van der Waals surface area contributed by atoms with Gasteiger partial charge in [-0.25, -0.2) is 4.79 Å². The van der Waals surface area contributed by atoms with Crippen LogP contribution in [0.5, 0.6) is 0 Å². The number of cyclic esters (lactones) is 1. The van der Waals surface area contributed by atoms with E-state index in [2.05, 4.69) is 178 Å². The molecule has 0 aliphatic carbocycles. The number of nitrogens with zero attached hydrogens (tertiary/aromatic N) is 1. The molecule has 6 rings (SSSR count). The lowest BCUT2D eigenvalue weighted by Crippen LogP contribution is -2.42. The molecule has 0 fully saturated rings. The molecular weight excluding hydrogens is 643 g/mol. The van der Waals surface area contributed by atoms with Crippen molar-refractivity contribution in [3.63, 3.8) is 0 Å². The summed E-state index contributed by atoms with van der Waals surface area (Å²) >= 11 is 1.75. The highest BCUT2D eigenvalue weighted by Gasteiger charge is 2.46. The number of hydrogen-bond donors (Lipinski definition) is 0. The average molecular weight is 694 g/mol. The number of carbonyl (C=O) groups excluding carboxylic acids is 1. The van der Waals surface area contributed by atoms with E-state index in [0.29, 0.717) is 6.42 Å². The van der Waals surface area contributed by atoms with Crippen LogP contribution in [0.2, 0.25) is 0 Å². The first-order valence-electron chi connectivity index (χ1n) is 18.4. The smallest absolute Gasteiger partial charge is 0.336 e. The maximum atomic E-state index is 14.8. The molecular formula is C47H51NO2S. The van der Waals surface area contributed by atoms with Gasteiger partial charge >= 0.3 is 5.97 Å². The zero-order chi connectivity index (χ0) is 35.7. The lowest BCUT2D eigenvalue weighted by molar-refractivity contribution is -0.159. The lowest BCUT2D eigenvalue weighted by atomic mass is 9.70. The summed E-state index contributed by atoms with van der Waals surface area (Å²) in [6, 6.07) is 51.3. The Labute approximate surface area is 309 Å². The Morgan fingerprint density at radius 1 is 0.706 bits per heavy atom. The minimum Gasteiger partial charge on any atom is -0.455 e. The van der Waals surface area contributed by atoms with Crippen LogP contribution in [0.3, 0.4) is 0 Å². The van der Waals surface area contributed by atoms with Gasteiger partial charge in [0.2, 0.25) is 0 Å². The first kappa shape index (κ1) is 36.3. The number of carbonyl (C=O) groups is 1. The first-order chi connectivity index (χ1) is 24.7. The van der Waals surface area contributed by atoms with Gasteiger partial charge in [-0.05, 0) is 71.2 Å². The van der Waals surface area contributed by atoms with Crippen LogP contribution in [0, 0.1) is 5.41 Å². The molecule has 0 saturated heterocycles. The third-order valence-corrected chi connectivity index (χ3v) is 11.0. The topological polar surface area (TPSA) is 29.5 Å². The molecule has 1 aliphatic rings. The molecule has 2 atom stereocenters. The largest absolute Gasteiger partial charge is 0.455 e. The highest BCUT2D eigenvalue weighted by molar-refractivity contribution is 8.03. The van der Waals surface area contributed by atoms with Gasteiger partial charge in [0.1, 0.15) is 5.60 Å². The molecule has 4 heteroatoms. The van der Waals surface area contributed by atoms with Gasteiger partial charge in [-0.15, -0.1) is 0 Å². The summed E-state index contributed by atoms with van der Waals surface area (Å²) in [5.41, 5.74) is 6.07. The third kappa shape index (κ3) is 9.42. The van der Waals surface area contributed by atoms with Gasteiger partial charge in [-0.1, -0.05) is 167 Å². The highest BCUT2D eigenvalue weighted by Crippen LogP contribution is 2.52. The lowest BCUT2D eigenvalue weighted by Gasteiger charge is -2.43. The van der Waals surface area contributed by atoms with Crippen molar-refractivity contribution >= 4 is 23.4 Å². The fraction of sp³-hybridized carbons (Fsp3) is 0.298. The number of hydrogen-bond acceptors (Lipinski definition) is 4. The Kier molecular flexibility index (Phi) is 11.8. The monoisotopic (exact) mass is 693 g/mol. The van der Waals surface area contributed by atoms with Crippen molar-refractivity contribution in [2.75, 3.05) is 4.90 Å². The Morgan fingerprint density at radius 2 is 1.25 bits per heavy atom. The van der Waals surface area contributed by atoms with Crippen LogP contribution in [0.15, 0.2) is 161 Å². The van der Waals surface area contributed by atoms with Crippen molar-refractivity contribution in [1.29, 1.82) is 0 Å². The summed E-state index contributed by atoms with van der Waals surface area (Å²) < 4.78 is 6.73. The van der Waals surface area contributed by atoms with Crippen LogP contribution in [-0.4, -0.2) is 11.6 Å². The number of esters is 1. The molecule has 0 radical (unpaired) electrons. The van der Waals surface area contributed by atoms with Crippen molar-refractivity contribution < 1.29 is 9.53 Å². The maximum absolute atomic E-state index is 14.8. The maximum Gasteiger partial charge on any atom is 0.336 e. The van der Waals surface area contributed by atoms with Gasteiger partial charge in [-0.3, -0.25) is 0 Å². The minimum absolute atomic E-state index is 0.166. The second kappa shape index (κ2) is 16.7. The highest BCUT2D eigenvalue weighted by atomic mass is 32.2. The summed E-state index contributed by atoms with van der Waals surface area (Å²) in [7, 11) is 0. The van der Waals surface area contributed by atoms with E-state index in [4.69, 9.17) is 4.74 Å². The van der Waals surface area contributed by atoms with E-state index in [-0.39, 0.29) is 17.3 Å². The number of aryl methyl sites for hydroxylation is 1. The van der Waals surface area contributed by atoms with Crippen LogP contribution in [0.1, 0.15) is 81.5 Å². The zero-order valence-corrected chi connectivity index (χ0v) is 31.4. The Balaban J connectivity index is 1.43. The third-order valence-electron chi connectivity index (χ3n) is 9.87. The Bertz CT molecular complexity index is 1840. The van der Waals surface area contributed by atoms with Crippen LogP contribution >= 0.6 is 11.8 Å². The van der Waals surface area contributed by atoms with Gasteiger partial charge in [0, 0.05) is 40.9 Å². The molecule has 0 saturated carbocycles. The molecule has 0 aromatic heterocycles. The van der Waals surface area contributed by atoms with Gasteiger partial charge in [0.15, 0.2) is 0 Å². The van der Waals surface area contributed by atoms with E-state index in [1.165, 1.54) is 16.7 Å². The quantitative estimate of drug-likeness (QED) is 0.108. The molecule has 51 heavy (non-hydrogen) atoms. The molecule has 0 unspecified atom stereocenters. The molecule has 0 spiro atoms. The molecule has 5 aromatic carbocycles. The molecule has 262 valence electrons. The SMILES string of the molecule is CCC[C@]1(CCc2ccccc2)CC(Sc2ccccc2)=C([C@@H](c2cccc(N(Cc3ccccc3)Cc3ccccc3)c2)C(C)(C)C)C(=O)O1. The minimum atomic E-state index is -0.547. The van der Waals surface area contributed by atoms with E-state index >= 15 is 0 Å². The van der Waals surface area contributed by atoms with Gasteiger partial charge in [0.25, 0.3) is 0 Å². The van der Waals surface area contributed by atoms with Crippen molar-refractivity contribution in [1.82, 2.24) is 0 Å². The van der Waals surface area contributed by atoms with Crippen LogP contribution in [-0.2, 0) is 29.0 Å². The van der Waals surface area contributed by atoms with Crippen LogP contribution in [0.4, 0.5) is 5.69 Å². The number of thioether (sulfide) groups is 1. The number of anilines is 1. The fourth-order valence-electron chi connectivity index (χ4n) is 7.51. The van der Waals surface area contributed by atoms with E-state index in [1.807, 2.05) is 0 Å². The van der Waals surface area contributed by atoms with Crippen molar-refractivity contribution in [2.45, 2.75) is 89.3 Å². The molecule has 1 aliphatic heterocycles. The predicted molar refractivity (Wildman–Crippen MR) is 214 cm³/mol. The Morgan fingerprint density at radius 3 is 1.80 bits per heavy atom. The molecule has 5 aromatic rings. The summed E-state index contributed by atoms with van der Waals surface area (Å²) in [4.78, 5) is 19.5. The van der Waals surface area contributed by atoms with Crippen molar-refractivity contribution in [2.24, 2.45) is 5.41 Å². The predicted octanol–water partition coefficient (Wildman–Crippen LogP) is 12.2. The molecule has 1 heterocycles. The standard InChI is InChI=1S/C47H51NO2S/c1-5-30-47(31-29-36-19-10-6-11-20-36)33-42(51-41-27-16-9-17-28-41)43(45(49)50-47)44(46(2,3)4)39-25-18-26-40(32-39)48(34-37-21-12-7-13-22-37)35-38-23-14-8-15-24-38/h6-28,32,44H,5,29-31,33-35H2,1-4H3/t44-,47+/m1/s1.